The molecule has 0 unspecified atom stereocenters. The van der Waals surface area contributed by atoms with Crippen molar-refractivity contribution in [2.75, 3.05) is 13.1 Å². The molecule has 0 radical (unpaired) electrons. The van der Waals surface area contributed by atoms with Gasteiger partial charge in [0.1, 0.15) is 0 Å². The molecular weight excluding hydrogens is 170 g/mol. The van der Waals surface area contributed by atoms with Crippen LogP contribution in [0.1, 0.15) is 25.7 Å². The molecular formula is C9H13NO3. The van der Waals surface area contributed by atoms with Crippen molar-refractivity contribution in [2.24, 2.45) is 0 Å². The Morgan fingerprint density at radius 2 is 1.92 bits per heavy atom. The summed E-state index contributed by atoms with van der Waals surface area (Å²) in [7, 11) is 0. The van der Waals surface area contributed by atoms with Gasteiger partial charge in [0.2, 0.25) is 0 Å². The molecule has 1 aliphatic heterocycles. The normalized spacial score (nSPS) is 24.2. The van der Waals surface area contributed by atoms with E-state index in [0.717, 1.165) is 32.2 Å². The van der Waals surface area contributed by atoms with E-state index in [0.29, 0.717) is 12.8 Å². The summed E-state index contributed by atoms with van der Waals surface area (Å²) in [5.74, 6) is 0. The van der Waals surface area contributed by atoms with E-state index >= 15 is 0 Å². The molecule has 1 saturated heterocycles. The maximum Gasteiger partial charge on any atom is 0.410 e. The van der Waals surface area contributed by atoms with E-state index in [1.54, 1.807) is 4.90 Å². The largest absolute Gasteiger partial charge is 0.435 e. The van der Waals surface area contributed by atoms with E-state index in [4.69, 9.17) is 4.74 Å². The van der Waals surface area contributed by atoms with Crippen LogP contribution in [-0.4, -0.2) is 36.0 Å². The van der Waals surface area contributed by atoms with Crippen LogP contribution in [0.25, 0.3) is 0 Å². The Kier molecular flexibility index (Phi) is 1.98. The van der Waals surface area contributed by atoms with Crippen molar-refractivity contribution in [3.63, 3.8) is 0 Å². The molecule has 72 valence electrons. The highest BCUT2D eigenvalue weighted by Crippen LogP contribution is 2.37. The maximum absolute atomic E-state index is 11.4. The van der Waals surface area contributed by atoms with Crippen LogP contribution in [0.2, 0.25) is 0 Å². The number of amides is 1. The standard InChI is InChI=1S/C9H13NO3/c11-7-9(3-4-9)13-8(12)10-5-1-2-6-10/h7H,1-6H2. The first-order chi connectivity index (χ1) is 6.26. The zero-order valence-corrected chi connectivity index (χ0v) is 7.49. The molecule has 1 saturated carbocycles. The predicted molar refractivity (Wildman–Crippen MR) is 45.3 cm³/mol. The fourth-order valence-electron chi connectivity index (χ4n) is 1.51. The Hall–Kier alpha value is -1.06. The zero-order valence-electron chi connectivity index (χ0n) is 7.49. The molecule has 4 heteroatoms. The van der Waals surface area contributed by atoms with Gasteiger partial charge in [0.25, 0.3) is 0 Å². The predicted octanol–water partition coefficient (Wildman–Crippen LogP) is 0.950. The van der Waals surface area contributed by atoms with Gasteiger partial charge in [-0.05, 0) is 25.7 Å². The second-order valence-corrected chi connectivity index (χ2v) is 3.74. The van der Waals surface area contributed by atoms with Gasteiger partial charge in [0.15, 0.2) is 11.9 Å². The Morgan fingerprint density at radius 3 is 2.38 bits per heavy atom. The third kappa shape index (κ3) is 1.66. The molecule has 0 spiro atoms. The quantitative estimate of drug-likeness (QED) is 0.599. The van der Waals surface area contributed by atoms with Crippen molar-refractivity contribution in [1.82, 2.24) is 4.90 Å². The van der Waals surface area contributed by atoms with Crippen LogP contribution in [0.4, 0.5) is 4.79 Å². The number of hydrogen-bond donors (Lipinski definition) is 0. The molecule has 1 aliphatic carbocycles. The molecule has 0 aromatic rings. The maximum atomic E-state index is 11.4. The van der Waals surface area contributed by atoms with E-state index in [-0.39, 0.29) is 6.09 Å². The minimum Gasteiger partial charge on any atom is -0.435 e. The van der Waals surface area contributed by atoms with Gasteiger partial charge < -0.3 is 9.64 Å². The molecule has 2 fully saturated rings. The number of ether oxygens (including phenoxy) is 1. The molecule has 0 N–H and O–H groups in total. The van der Waals surface area contributed by atoms with Gasteiger partial charge in [-0.25, -0.2) is 4.79 Å². The lowest BCUT2D eigenvalue weighted by molar-refractivity contribution is -0.117. The molecule has 2 rings (SSSR count). The monoisotopic (exact) mass is 183 g/mol. The molecule has 2 aliphatic rings. The van der Waals surface area contributed by atoms with Crippen molar-refractivity contribution in [3.05, 3.63) is 0 Å². The van der Waals surface area contributed by atoms with Crippen LogP contribution in [0, 0.1) is 0 Å². The van der Waals surface area contributed by atoms with Crippen molar-refractivity contribution in [1.29, 1.82) is 0 Å². The van der Waals surface area contributed by atoms with Crippen LogP contribution in [0.3, 0.4) is 0 Å². The third-order valence-corrected chi connectivity index (χ3v) is 2.61. The second kappa shape index (κ2) is 3.01. The Balaban J connectivity index is 1.87. The second-order valence-electron chi connectivity index (χ2n) is 3.74. The number of aldehydes is 1. The van der Waals surface area contributed by atoms with Gasteiger partial charge in [-0.3, -0.25) is 4.79 Å². The van der Waals surface area contributed by atoms with E-state index in [9.17, 15) is 9.59 Å². The number of carbonyl (C=O) groups is 2. The van der Waals surface area contributed by atoms with Gasteiger partial charge in [0, 0.05) is 13.1 Å². The van der Waals surface area contributed by atoms with Crippen LogP contribution in [0.15, 0.2) is 0 Å². The van der Waals surface area contributed by atoms with Crippen molar-refractivity contribution in [2.45, 2.75) is 31.3 Å². The SMILES string of the molecule is O=CC1(OC(=O)N2CCCC2)CC1. The van der Waals surface area contributed by atoms with Gasteiger partial charge in [-0.15, -0.1) is 0 Å². The smallest absolute Gasteiger partial charge is 0.410 e. The summed E-state index contributed by atoms with van der Waals surface area (Å²) in [5.41, 5.74) is -0.750. The lowest BCUT2D eigenvalue weighted by Gasteiger charge is -2.17. The molecule has 0 aromatic carbocycles. The van der Waals surface area contributed by atoms with Gasteiger partial charge in [0.05, 0.1) is 0 Å². The molecule has 0 atom stereocenters. The number of rotatable bonds is 2. The Bertz CT molecular complexity index is 229. The highest BCUT2D eigenvalue weighted by Gasteiger charge is 2.47. The van der Waals surface area contributed by atoms with Crippen molar-refractivity contribution < 1.29 is 14.3 Å². The molecule has 13 heavy (non-hydrogen) atoms. The fraction of sp³-hybridized carbons (Fsp3) is 0.778. The highest BCUT2D eigenvalue weighted by atomic mass is 16.6. The van der Waals surface area contributed by atoms with Crippen LogP contribution >= 0.6 is 0 Å². The summed E-state index contributed by atoms with van der Waals surface area (Å²) >= 11 is 0. The first-order valence-corrected chi connectivity index (χ1v) is 4.70. The zero-order chi connectivity index (χ0) is 9.31. The summed E-state index contributed by atoms with van der Waals surface area (Å²) in [6.45, 7) is 1.54. The molecule has 1 amide bonds. The van der Waals surface area contributed by atoms with E-state index in [1.165, 1.54) is 0 Å². The topological polar surface area (TPSA) is 46.6 Å². The number of hydrogen-bond acceptors (Lipinski definition) is 3. The van der Waals surface area contributed by atoms with Crippen LogP contribution in [0.5, 0.6) is 0 Å². The van der Waals surface area contributed by atoms with E-state index < -0.39 is 5.60 Å². The average molecular weight is 183 g/mol. The summed E-state index contributed by atoms with van der Waals surface area (Å²) in [5, 5.41) is 0. The Labute approximate surface area is 76.8 Å². The molecule has 4 nitrogen and oxygen atoms in total. The third-order valence-electron chi connectivity index (χ3n) is 2.61. The molecule has 0 aromatic heterocycles. The summed E-state index contributed by atoms with van der Waals surface area (Å²) in [6, 6.07) is 0. The molecule has 1 heterocycles. The average Bonchev–Trinajstić information content (AvgIpc) is 2.69. The lowest BCUT2D eigenvalue weighted by atomic mass is 10.4. The fourth-order valence-corrected chi connectivity index (χ4v) is 1.51. The Morgan fingerprint density at radius 1 is 1.31 bits per heavy atom. The van der Waals surface area contributed by atoms with Crippen molar-refractivity contribution >= 4 is 12.4 Å². The summed E-state index contributed by atoms with van der Waals surface area (Å²) in [6.07, 6.45) is 3.90. The van der Waals surface area contributed by atoms with E-state index in [2.05, 4.69) is 0 Å². The summed E-state index contributed by atoms with van der Waals surface area (Å²) < 4.78 is 5.10. The lowest BCUT2D eigenvalue weighted by Crippen LogP contribution is -2.33. The van der Waals surface area contributed by atoms with Crippen molar-refractivity contribution in [3.8, 4) is 0 Å². The number of carbonyl (C=O) groups excluding carboxylic acids is 2. The summed E-state index contributed by atoms with van der Waals surface area (Å²) in [4.78, 5) is 23.6. The van der Waals surface area contributed by atoms with E-state index in [1.807, 2.05) is 0 Å². The number of likely N-dealkylation sites (tertiary alicyclic amines) is 1. The van der Waals surface area contributed by atoms with Crippen LogP contribution in [-0.2, 0) is 9.53 Å². The first kappa shape index (κ1) is 8.53. The van der Waals surface area contributed by atoms with Gasteiger partial charge in [-0.2, -0.15) is 0 Å². The highest BCUT2D eigenvalue weighted by molar-refractivity contribution is 5.76. The minimum absolute atomic E-state index is 0.317. The first-order valence-electron chi connectivity index (χ1n) is 4.70. The molecule has 0 bridgehead atoms. The van der Waals surface area contributed by atoms with Gasteiger partial charge >= 0.3 is 6.09 Å². The van der Waals surface area contributed by atoms with Gasteiger partial charge in [-0.1, -0.05) is 0 Å². The minimum atomic E-state index is -0.750. The number of nitrogens with zero attached hydrogens (tertiary/aromatic N) is 1. The van der Waals surface area contributed by atoms with Crippen LogP contribution < -0.4 is 0 Å².